The Balaban J connectivity index is 1.55. The van der Waals surface area contributed by atoms with Crippen LogP contribution in [0, 0.1) is 0 Å². The quantitative estimate of drug-likeness (QED) is 0.831. The van der Waals surface area contributed by atoms with E-state index in [2.05, 4.69) is 17.4 Å². The lowest BCUT2D eigenvalue weighted by Gasteiger charge is -2.35. The molecule has 0 saturated heterocycles. The number of rotatable bonds is 7. The molecule has 1 aromatic carbocycles. The topological polar surface area (TPSA) is 47.6 Å². The van der Waals surface area contributed by atoms with Crippen LogP contribution in [0.4, 0.5) is 0 Å². The Labute approximate surface area is 120 Å². The minimum absolute atomic E-state index is 0.0150. The zero-order valence-electron chi connectivity index (χ0n) is 12.2. The number of carbonyl (C=O) groups is 1. The monoisotopic (exact) mass is 277 g/mol. The Bertz CT molecular complexity index is 415. The summed E-state index contributed by atoms with van der Waals surface area (Å²) in [4.78, 5) is 10.9. The van der Waals surface area contributed by atoms with Gasteiger partial charge in [-0.3, -0.25) is 4.79 Å². The third kappa shape index (κ3) is 4.94. The van der Waals surface area contributed by atoms with E-state index < -0.39 is 0 Å². The van der Waals surface area contributed by atoms with E-state index in [0.29, 0.717) is 19.3 Å². The van der Waals surface area contributed by atoms with Crippen LogP contribution in [0.25, 0.3) is 0 Å². The molecule has 1 unspecified atom stereocenters. The smallest absolute Gasteiger partial charge is 0.217 e. The number of benzene rings is 1. The van der Waals surface area contributed by atoms with Crippen molar-refractivity contribution in [3.05, 3.63) is 35.9 Å². The van der Waals surface area contributed by atoms with Crippen LogP contribution in [0.2, 0.25) is 0 Å². The zero-order chi connectivity index (χ0) is 14.4. The fourth-order valence-corrected chi connectivity index (χ4v) is 2.25. The molecule has 1 atom stereocenters. The fraction of sp³-hybridized carbons (Fsp3) is 0.562. The number of ether oxygens (including phenoxy) is 2. The first-order valence-corrected chi connectivity index (χ1v) is 7.17. The molecule has 0 spiro atoms. The molecule has 0 aromatic heterocycles. The van der Waals surface area contributed by atoms with Crippen molar-refractivity contribution in [2.24, 2.45) is 0 Å². The Morgan fingerprint density at radius 3 is 2.55 bits per heavy atom. The first kappa shape index (κ1) is 15.0. The predicted molar refractivity (Wildman–Crippen MR) is 77.3 cm³/mol. The molecular weight excluding hydrogens is 254 g/mol. The summed E-state index contributed by atoms with van der Waals surface area (Å²) >= 11 is 0. The lowest BCUT2D eigenvalue weighted by atomic mass is 9.92. The summed E-state index contributed by atoms with van der Waals surface area (Å²) in [6, 6.07) is 10.3. The van der Waals surface area contributed by atoms with E-state index in [9.17, 15) is 4.79 Å². The van der Waals surface area contributed by atoms with Gasteiger partial charge in [0, 0.05) is 13.0 Å². The SMILES string of the molecule is CC(=O)NC(C)COC1CC(OCc2ccccc2)C1. The highest BCUT2D eigenvalue weighted by molar-refractivity contribution is 5.73. The third-order valence-corrected chi connectivity index (χ3v) is 3.41. The van der Waals surface area contributed by atoms with Crippen LogP contribution in [0.1, 0.15) is 32.3 Å². The molecule has 1 aliphatic carbocycles. The summed E-state index contributed by atoms with van der Waals surface area (Å²) in [6.07, 6.45) is 2.46. The van der Waals surface area contributed by atoms with Crippen LogP contribution < -0.4 is 5.32 Å². The fourth-order valence-electron chi connectivity index (χ4n) is 2.25. The molecule has 20 heavy (non-hydrogen) atoms. The van der Waals surface area contributed by atoms with Crippen molar-refractivity contribution in [2.75, 3.05) is 6.61 Å². The summed E-state index contributed by atoms with van der Waals surface area (Å²) in [6.45, 7) is 4.70. The number of carbonyl (C=O) groups excluding carboxylic acids is 1. The van der Waals surface area contributed by atoms with Crippen molar-refractivity contribution < 1.29 is 14.3 Å². The summed E-state index contributed by atoms with van der Waals surface area (Å²) < 4.78 is 11.5. The van der Waals surface area contributed by atoms with Crippen molar-refractivity contribution in [2.45, 2.75) is 51.5 Å². The van der Waals surface area contributed by atoms with Gasteiger partial charge in [-0.2, -0.15) is 0 Å². The molecule has 4 heteroatoms. The van der Waals surface area contributed by atoms with E-state index in [-0.39, 0.29) is 18.1 Å². The van der Waals surface area contributed by atoms with Gasteiger partial charge in [-0.15, -0.1) is 0 Å². The Kier molecular flexibility index (Phi) is 5.56. The van der Waals surface area contributed by atoms with Gasteiger partial charge in [-0.1, -0.05) is 30.3 Å². The predicted octanol–water partition coefficient (Wildman–Crippen LogP) is 2.28. The highest BCUT2D eigenvalue weighted by Crippen LogP contribution is 2.27. The van der Waals surface area contributed by atoms with Crippen LogP contribution in [0.15, 0.2) is 30.3 Å². The van der Waals surface area contributed by atoms with Gasteiger partial charge in [0.2, 0.25) is 5.91 Å². The molecule has 0 radical (unpaired) electrons. The van der Waals surface area contributed by atoms with E-state index in [1.807, 2.05) is 25.1 Å². The minimum atomic E-state index is -0.0150. The van der Waals surface area contributed by atoms with Gasteiger partial charge in [0.1, 0.15) is 0 Å². The standard InChI is InChI=1S/C16H23NO3/c1-12(17-13(2)18)10-19-15-8-16(9-15)20-11-14-6-4-3-5-7-14/h3-7,12,15-16H,8-11H2,1-2H3,(H,17,18). The lowest BCUT2D eigenvalue weighted by Crippen LogP contribution is -2.41. The van der Waals surface area contributed by atoms with Gasteiger partial charge >= 0.3 is 0 Å². The molecular formula is C16H23NO3. The molecule has 1 fully saturated rings. The van der Waals surface area contributed by atoms with Gasteiger partial charge in [0.15, 0.2) is 0 Å². The van der Waals surface area contributed by atoms with Gasteiger partial charge in [0.05, 0.1) is 25.4 Å². The second kappa shape index (κ2) is 7.41. The maximum Gasteiger partial charge on any atom is 0.217 e. The van der Waals surface area contributed by atoms with E-state index in [1.54, 1.807) is 0 Å². The largest absolute Gasteiger partial charge is 0.376 e. The summed E-state index contributed by atoms with van der Waals surface area (Å²) in [5, 5.41) is 2.81. The highest BCUT2D eigenvalue weighted by Gasteiger charge is 2.30. The van der Waals surface area contributed by atoms with Crippen LogP contribution >= 0.6 is 0 Å². The minimum Gasteiger partial charge on any atom is -0.376 e. The molecule has 1 aromatic rings. The highest BCUT2D eigenvalue weighted by atomic mass is 16.5. The van der Waals surface area contributed by atoms with Gasteiger partial charge in [-0.05, 0) is 25.3 Å². The third-order valence-electron chi connectivity index (χ3n) is 3.41. The molecule has 4 nitrogen and oxygen atoms in total. The molecule has 1 amide bonds. The van der Waals surface area contributed by atoms with Crippen LogP contribution in [0.5, 0.6) is 0 Å². The Morgan fingerprint density at radius 1 is 1.25 bits per heavy atom. The van der Waals surface area contributed by atoms with Crippen molar-refractivity contribution in [3.63, 3.8) is 0 Å². The van der Waals surface area contributed by atoms with Crippen molar-refractivity contribution in [1.82, 2.24) is 5.32 Å². The van der Waals surface area contributed by atoms with Gasteiger partial charge in [-0.25, -0.2) is 0 Å². The summed E-state index contributed by atoms with van der Waals surface area (Å²) in [5.41, 5.74) is 1.20. The molecule has 1 saturated carbocycles. The maximum absolute atomic E-state index is 10.9. The van der Waals surface area contributed by atoms with Crippen molar-refractivity contribution in [3.8, 4) is 0 Å². The van der Waals surface area contributed by atoms with Crippen molar-refractivity contribution in [1.29, 1.82) is 0 Å². The second-order valence-electron chi connectivity index (χ2n) is 5.45. The lowest BCUT2D eigenvalue weighted by molar-refractivity contribution is -0.123. The molecule has 0 heterocycles. The number of nitrogens with one attached hydrogen (secondary N) is 1. The number of amides is 1. The van der Waals surface area contributed by atoms with Gasteiger partial charge < -0.3 is 14.8 Å². The average Bonchev–Trinajstić information content (AvgIpc) is 2.36. The maximum atomic E-state index is 10.9. The normalized spacial score (nSPS) is 22.9. The molecule has 0 aliphatic heterocycles. The van der Waals surface area contributed by atoms with Crippen molar-refractivity contribution >= 4 is 5.91 Å². The van der Waals surface area contributed by atoms with E-state index in [4.69, 9.17) is 9.47 Å². The number of hydrogen-bond acceptors (Lipinski definition) is 3. The van der Waals surface area contributed by atoms with Crippen LogP contribution in [-0.4, -0.2) is 30.8 Å². The van der Waals surface area contributed by atoms with Gasteiger partial charge in [0.25, 0.3) is 0 Å². The van der Waals surface area contributed by atoms with E-state index in [1.165, 1.54) is 12.5 Å². The molecule has 0 bridgehead atoms. The summed E-state index contributed by atoms with van der Waals surface area (Å²) in [5.74, 6) is -0.0150. The molecule has 1 aliphatic rings. The van der Waals surface area contributed by atoms with Crippen LogP contribution in [-0.2, 0) is 20.9 Å². The van der Waals surface area contributed by atoms with Crippen LogP contribution in [0.3, 0.4) is 0 Å². The Hall–Kier alpha value is -1.39. The molecule has 110 valence electrons. The van der Waals surface area contributed by atoms with E-state index >= 15 is 0 Å². The van der Waals surface area contributed by atoms with E-state index in [0.717, 1.165) is 12.8 Å². The summed E-state index contributed by atoms with van der Waals surface area (Å²) in [7, 11) is 0. The second-order valence-corrected chi connectivity index (χ2v) is 5.45. The first-order chi connectivity index (χ1) is 9.63. The zero-order valence-corrected chi connectivity index (χ0v) is 12.2. The molecule has 2 rings (SSSR count). The first-order valence-electron chi connectivity index (χ1n) is 7.17. The number of hydrogen-bond donors (Lipinski definition) is 1. The molecule has 1 N–H and O–H groups in total. The Morgan fingerprint density at radius 2 is 1.90 bits per heavy atom. The average molecular weight is 277 g/mol.